The Morgan fingerprint density at radius 2 is 1.55 bits per heavy atom. The number of benzene rings is 2. The second-order valence-corrected chi connectivity index (χ2v) is 4.74. The third-order valence-electron chi connectivity index (χ3n) is 3.08. The highest BCUT2D eigenvalue weighted by Gasteiger charge is 2.10. The average Bonchev–Trinajstić information content (AvgIpc) is 2.39. The van der Waals surface area contributed by atoms with Crippen molar-refractivity contribution >= 4 is 11.9 Å². The first-order chi connectivity index (χ1) is 9.47. The standard InChI is InChI=1S/C16H17N3O/c1-10-3-6-12(7-4-10)13-8-5-11(2)14(9-13)15(20)19-16(17)18/h3-9H,1-2H3,(H4,17,18,19,20). The summed E-state index contributed by atoms with van der Waals surface area (Å²) < 4.78 is 0. The van der Waals surface area contributed by atoms with E-state index in [0.717, 1.165) is 16.7 Å². The van der Waals surface area contributed by atoms with Crippen LogP contribution in [0.4, 0.5) is 0 Å². The second-order valence-electron chi connectivity index (χ2n) is 4.74. The van der Waals surface area contributed by atoms with Gasteiger partial charge in [-0.15, -0.1) is 0 Å². The Kier molecular flexibility index (Phi) is 3.84. The third-order valence-corrected chi connectivity index (χ3v) is 3.08. The van der Waals surface area contributed by atoms with E-state index in [1.54, 1.807) is 0 Å². The predicted molar refractivity (Wildman–Crippen MR) is 81.5 cm³/mol. The number of aryl methyl sites for hydroxylation is 2. The third kappa shape index (κ3) is 3.03. The van der Waals surface area contributed by atoms with Crippen LogP contribution in [-0.4, -0.2) is 11.9 Å². The van der Waals surface area contributed by atoms with Crippen molar-refractivity contribution in [3.8, 4) is 11.1 Å². The first-order valence-electron chi connectivity index (χ1n) is 6.29. The predicted octanol–water partition coefficient (Wildman–Crippen LogP) is 2.38. The quantitative estimate of drug-likeness (QED) is 0.647. The summed E-state index contributed by atoms with van der Waals surface area (Å²) in [6.07, 6.45) is 0. The molecule has 20 heavy (non-hydrogen) atoms. The zero-order valence-corrected chi connectivity index (χ0v) is 11.6. The van der Waals surface area contributed by atoms with E-state index in [0.29, 0.717) is 5.56 Å². The molecular weight excluding hydrogens is 250 g/mol. The van der Waals surface area contributed by atoms with E-state index in [2.05, 4.69) is 4.99 Å². The van der Waals surface area contributed by atoms with Gasteiger partial charge in [0.25, 0.3) is 5.91 Å². The van der Waals surface area contributed by atoms with Gasteiger partial charge in [0.05, 0.1) is 0 Å². The van der Waals surface area contributed by atoms with Gasteiger partial charge in [-0.05, 0) is 36.6 Å². The summed E-state index contributed by atoms with van der Waals surface area (Å²) in [7, 11) is 0. The van der Waals surface area contributed by atoms with E-state index in [1.807, 2.05) is 56.3 Å². The number of hydrogen-bond donors (Lipinski definition) is 2. The molecule has 2 rings (SSSR count). The molecule has 0 aliphatic heterocycles. The Morgan fingerprint density at radius 3 is 2.15 bits per heavy atom. The van der Waals surface area contributed by atoms with Crippen LogP contribution in [-0.2, 0) is 0 Å². The zero-order valence-electron chi connectivity index (χ0n) is 11.6. The number of carbonyl (C=O) groups excluding carboxylic acids is 1. The Bertz CT molecular complexity index is 669. The van der Waals surface area contributed by atoms with Crippen molar-refractivity contribution in [2.75, 3.05) is 0 Å². The lowest BCUT2D eigenvalue weighted by atomic mass is 9.99. The number of aliphatic imine (C=N–C) groups is 1. The molecule has 4 nitrogen and oxygen atoms in total. The maximum atomic E-state index is 12.0. The lowest BCUT2D eigenvalue weighted by Gasteiger charge is -2.07. The van der Waals surface area contributed by atoms with Gasteiger partial charge >= 0.3 is 0 Å². The van der Waals surface area contributed by atoms with Crippen molar-refractivity contribution in [1.29, 1.82) is 0 Å². The van der Waals surface area contributed by atoms with Gasteiger partial charge in [0.2, 0.25) is 0 Å². The summed E-state index contributed by atoms with van der Waals surface area (Å²) >= 11 is 0. The molecule has 0 aromatic heterocycles. The van der Waals surface area contributed by atoms with Crippen molar-refractivity contribution in [3.63, 3.8) is 0 Å². The summed E-state index contributed by atoms with van der Waals surface area (Å²) in [5.41, 5.74) is 15.1. The highest BCUT2D eigenvalue weighted by molar-refractivity contribution is 6.03. The molecule has 0 radical (unpaired) electrons. The number of amides is 1. The molecule has 0 unspecified atom stereocenters. The van der Waals surface area contributed by atoms with Gasteiger partial charge in [-0.2, -0.15) is 4.99 Å². The average molecular weight is 267 g/mol. The SMILES string of the molecule is Cc1ccc(-c2ccc(C)c(C(=O)N=C(N)N)c2)cc1. The van der Waals surface area contributed by atoms with Gasteiger partial charge in [0.1, 0.15) is 0 Å². The van der Waals surface area contributed by atoms with Gasteiger partial charge in [-0.3, -0.25) is 4.79 Å². The molecule has 4 N–H and O–H groups in total. The molecule has 102 valence electrons. The molecular formula is C16H17N3O. The summed E-state index contributed by atoms with van der Waals surface area (Å²) in [6, 6.07) is 13.8. The molecule has 4 heteroatoms. The van der Waals surface area contributed by atoms with Crippen molar-refractivity contribution in [2.45, 2.75) is 13.8 Å². The first kappa shape index (κ1) is 13.8. The molecule has 0 bridgehead atoms. The summed E-state index contributed by atoms with van der Waals surface area (Å²) in [5.74, 6) is -0.647. The topological polar surface area (TPSA) is 81.5 Å². The molecule has 0 saturated heterocycles. The van der Waals surface area contributed by atoms with Crippen LogP contribution in [0.1, 0.15) is 21.5 Å². The minimum atomic E-state index is -0.420. The van der Waals surface area contributed by atoms with E-state index in [1.165, 1.54) is 5.56 Å². The van der Waals surface area contributed by atoms with Crippen molar-refractivity contribution in [3.05, 3.63) is 59.2 Å². The van der Waals surface area contributed by atoms with E-state index in [4.69, 9.17) is 11.5 Å². The lowest BCUT2D eigenvalue weighted by molar-refractivity contribution is 0.100. The molecule has 0 heterocycles. The fourth-order valence-corrected chi connectivity index (χ4v) is 1.96. The number of hydrogen-bond acceptors (Lipinski definition) is 1. The van der Waals surface area contributed by atoms with Crippen molar-refractivity contribution < 1.29 is 4.79 Å². The number of carbonyl (C=O) groups is 1. The summed E-state index contributed by atoms with van der Waals surface area (Å²) in [5, 5.41) is 0. The van der Waals surface area contributed by atoms with Gasteiger partial charge in [-0.25, -0.2) is 0 Å². The minimum Gasteiger partial charge on any atom is -0.370 e. The first-order valence-corrected chi connectivity index (χ1v) is 6.29. The maximum absolute atomic E-state index is 12.0. The number of nitrogens with zero attached hydrogens (tertiary/aromatic N) is 1. The zero-order chi connectivity index (χ0) is 14.7. The monoisotopic (exact) mass is 267 g/mol. The van der Waals surface area contributed by atoms with Gasteiger partial charge in [-0.1, -0.05) is 42.0 Å². The highest BCUT2D eigenvalue weighted by atomic mass is 16.1. The number of rotatable bonds is 2. The molecule has 0 fully saturated rings. The Morgan fingerprint density at radius 1 is 0.950 bits per heavy atom. The molecule has 2 aromatic carbocycles. The number of nitrogens with two attached hydrogens (primary N) is 2. The molecule has 0 saturated carbocycles. The maximum Gasteiger partial charge on any atom is 0.280 e. The van der Waals surface area contributed by atoms with Gasteiger partial charge < -0.3 is 11.5 Å². The van der Waals surface area contributed by atoms with Crippen LogP contribution in [0.25, 0.3) is 11.1 Å². The van der Waals surface area contributed by atoms with Crippen LogP contribution in [0.5, 0.6) is 0 Å². The van der Waals surface area contributed by atoms with Gasteiger partial charge in [0, 0.05) is 5.56 Å². The number of guanidine groups is 1. The largest absolute Gasteiger partial charge is 0.370 e. The molecule has 0 atom stereocenters. The Balaban J connectivity index is 2.45. The van der Waals surface area contributed by atoms with E-state index in [-0.39, 0.29) is 5.96 Å². The van der Waals surface area contributed by atoms with E-state index in [9.17, 15) is 4.79 Å². The molecule has 1 amide bonds. The van der Waals surface area contributed by atoms with E-state index >= 15 is 0 Å². The van der Waals surface area contributed by atoms with Crippen LogP contribution < -0.4 is 11.5 Å². The molecule has 0 spiro atoms. The van der Waals surface area contributed by atoms with Crippen LogP contribution in [0.2, 0.25) is 0 Å². The fraction of sp³-hybridized carbons (Fsp3) is 0.125. The lowest BCUT2D eigenvalue weighted by Crippen LogP contribution is -2.24. The molecule has 0 aliphatic carbocycles. The van der Waals surface area contributed by atoms with Crippen LogP contribution in [0.3, 0.4) is 0 Å². The normalized spacial score (nSPS) is 10.1. The molecule has 2 aromatic rings. The highest BCUT2D eigenvalue weighted by Crippen LogP contribution is 2.23. The van der Waals surface area contributed by atoms with E-state index < -0.39 is 5.91 Å². The van der Waals surface area contributed by atoms with Crippen LogP contribution in [0, 0.1) is 13.8 Å². The summed E-state index contributed by atoms with van der Waals surface area (Å²) in [6.45, 7) is 3.89. The summed E-state index contributed by atoms with van der Waals surface area (Å²) in [4.78, 5) is 15.6. The molecule has 0 aliphatic rings. The van der Waals surface area contributed by atoms with Crippen molar-refractivity contribution in [1.82, 2.24) is 0 Å². The van der Waals surface area contributed by atoms with Crippen LogP contribution >= 0.6 is 0 Å². The fourth-order valence-electron chi connectivity index (χ4n) is 1.96. The Labute approximate surface area is 118 Å². The Hall–Kier alpha value is -2.62. The minimum absolute atomic E-state index is 0.227. The van der Waals surface area contributed by atoms with Gasteiger partial charge in [0.15, 0.2) is 5.96 Å². The smallest absolute Gasteiger partial charge is 0.280 e. The second kappa shape index (κ2) is 5.57. The van der Waals surface area contributed by atoms with Crippen molar-refractivity contribution in [2.24, 2.45) is 16.5 Å². The van der Waals surface area contributed by atoms with Crippen LogP contribution in [0.15, 0.2) is 47.5 Å².